The molecule has 1 saturated carbocycles. The maximum atomic E-state index is 12.9. The summed E-state index contributed by atoms with van der Waals surface area (Å²) in [5, 5.41) is 15.0. The standard InChI is InChI=1S/C17H18N6O2/c1-9-3-12(4-14-13(9)7-18-21-14)20-16(24)23-8-11-5-17(23,6-11)15-19-10(2)22-25-15/h3-4,7,11H,5-6,8H2,1-2H3,(H,18,21)(H,20,24). The Hall–Kier alpha value is -2.90. The second-order valence-electron chi connectivity index (χ2n) is 7.12. The van der Waals surface area contributed by atoms with Crippen LogP contribution >= 0.6 is 0 Å². The number of urea groups is 1. The molecule has 2 N–H and O–H groups in total. The average Bonchev–Trinajstić information content (AvgIpc) is 3.27. The van der Waals surface area contributed by atoms with Crippen LogP contribution in [0.2, 0.25) is 0 Å². The molecule has 2 aliphatic heterocycles. The maximum absolute atomic E-state index is 12.9. The van der Waals surface area contributed by atoms with Gasteiger partial charge in [-0.15, -0.1) is 0 Å². The Morgan fingerprint density at radius 3 is 3.00 bits per heavy atom. The van der Waals surface area contributed by atoms with E-state index in [1.54, 1.807) is 13.1 Å². The molecular weight excluding hydrogens is 320 g/mol. The predicted molar refractivity (Wildman–Crippen MR) is 90.0 cm³/mol. The molecule has 128 valence electrons. The third kappa shape index (κ3) is 2.00. The third-order valence-electron chi connectivity index (χ3n) is 5.40. The lowest BCUT2D eigenvalue weighted by Crippen LogP contribution is -2.47. The number of carbonyl (C=O) groups excluding carboxylic acids is 1. The zero-order chi connectivity index (χ0) is 17.2. The predicted octanol–water partition coefficient (Wildman–Crippen LogP) is 2.72. The van der Waals surface area contributed by atoms with Crippen molar-refractivity contribution >= 4 is 22.6 Å². The highest BCUT2D eigenvalue weighted by atomic mass is 16.5. The lowest BCUT2D eigenvalue weighted by molar-refractivity contribution is 0.0898. The van der Waals surface area contributed by atoms with E-state index >= 15 is 0 Å². The minimum atomic E-state index is -0.441. The Morgan fingerprint density at radius 2 is 2.24 bits per heavy atom. The third-order valence-corrected chi connectivity index (χ3v) is 5.40. The number of anilines is 1. The zero-order valence-corrected chi connectivity index (χ0v) is 14.0. The van der Waals surface area contributed by atoms with Crippen molar-refractivity contribution in [2.75, 3.05) is 11.9 Å². The first-order valence-corrected chi connectivity index (χ1v) is 8.38. The molecule has 25 heavy (non-hydrogen) atoms. The van der Waals surface area contributed by atoms with E-state index in [1.807, 2.05) is 24.0 Å². The van der Waals surface area contributed by atoms with Crippen LogP contribution in [0.3, 0.4) is 0 Å². The van der Waals surface area contributed by atoms with Crippen molar-refractivity contribution in [1.82, 2.24) is 25.2 Å². The van der Waals surface area contributed by atoms with Crippen molar-refractivity contribution < 1.29 is 9.32 Å². The van der Waals surface area contributed by atoms with E-state index in [4.69, 9.17) is 4.52 Å². The number of fused-ring (bicyclic) bond motifs is 2. The van der Waals surface area contributed by atoms with Crippen LogP contribution in [0.4, 0.5) is 10.5 Å². The van der Waals surface area contributed by atoms with Crippen molar-refractivity contribution in [1.29, 1.82) is 0 Å². The number of aryl methyl sites for hydroxylation is 2. The van der Waals surface area contributed by atoms with E-state index in [0.29, 0.717) is 17.6 Å². The van der Waals surface area contributed by atoms with Gasteiger partial charge in [-0.2, -0.15) is 10.1 Å². The number of rotatable bonds is 2. The van der Waals surface area contributed by atoms with Gasteiger partial charge in [0.1, 0.15) is 5.54 Å². The molecule has 4 heterocycles. The number of nitrogens with zero attached hydrogens (tertiary/aromatic N) is 4. The number of hydrogen-bond acceptors (Lipinski definition) is 5. The first-order valence-electron chi connectivity index (χ1n) is 8.38. The summed E-state index contributed by atoms with van der Waals surface area (Å²) in [6, 6.07) is 3.73. The van der Waals surface area contributed by atoms with E-state index in [1.165, 1.54) is 0 Å². The Morgan fingerprint density at radius 1 is 1.40 bits per heavy atom. The largest absolute Gasteiger partial charge is 0.337 e. The summed E-state index contributed by atoms with van der Waals surface area (Å²) in [5.74, 6) is 1.66. The van der Waals surface area contributed by atoms with Gasteiger partial charge in [-0.05, 0) is 50.3 Å². The molecule has 1 aromatic carbocycles. The van der Waals surface area contributed by atoms with Crippen molar-refractivity contribution in [2.24, 2.45) is 5.92 Å². The topological polar surface area (TPSA) is 99.9 Å². The van der Waals surface area contributed by atoms with E-state index in [2.05, 4.69) is 25.7 Å². The van der Waals surface area contributed by atoms with Crippen LogP contribution in [0.25, 0.3) is 10.9 Å². The number of amides is 2. The maximum Gasteiger partial charge on any atom is 0.322 e. The minimum absolute atomic E-state index is 0.130. The van der Waals surface area contributed by atoms with Gasteiger partial charge in [-0.25, -0.2) is 4.79 Å². The molecule has 8 heteroatoms. The summed E-state index contributed by atoms with van der Waals surface area (Å²) in [5.41, 5.74) is 2.28. The summed E-state index contributed by atoms with van der Waals surface area (Å²) in [4.78, 5) is 19.1. The normalized spacial score (nSPS) is 24.6. The fourth-order valence-corrected chi connectivity index (χ4v) is 4.22. The van der Waals surface area contributed by atoms with Crippen LogP contribution < -0.4 is 5.32 Å². The molecule has 6 rings (SSSR count). The Labute approximate surface area is 143 Å². The molecule has 3 aliphatic rings. The number of hydrogen-bond donors (Lipinski definition) is 2. The lowest BCUT2D eigenvalue weighted by Gasteiger charge is -2.38. The molecular formula is C17H18N6O2. The van der Waals surface area contributed by atoms with Crippen LogP contribution in [0.1, 0.15) is 30.1 Å². The average molecular weight is 338 g/mol. The van der Waals surface area contributed by atoms with E-state index in [-0.39, 0.29) is 6.03 Å². The molecule has 2 aromatic heterocycles. The smallest absolute Gasteiger partial charge is 0.322 e. The highest BCUT2D eigenvalue weighted by Crippen LogP contribution is 2.56. The molecule has 0 spiro atoms. The van der Waals surface area contributed by atoms with Crippen molar-refractivity contribution in [2.45, 2.75) is 32.2 Å². The molecule has 2 bridgehead atoms. The van der Waals surface area contributed by atoms with Gasteiger partial charge in [0.2, 0.25) is 0 Å². The van der Waals surface area contributed by atoms with Gasteiger partial charge in [-0.1, -0.05) is 5.16 Å². The molecule has 1 aliphatic carbocycles. The Kier molecular flexibility index (Phi) is 2.78. The Balaban J connectivity index is 1.43. The van der Waals surface area contributed by atoms with Crippen molar-refractivity contribution in [3.8, 4) is 0 Å². The SMILES string of the molecule is Cc1noc(C23CC(CN2C(=O)Nc2cc(C)c4cn[nH]c4c2)C3)n1. The molecule has 0 radical (unpaired) electrons. The van der Waals surface area contributed by atoms with Gasteiger partial charge in [-0.3, -0.25) is 5.10 Å². The quantitative estimate of drug-likeness (QED) is 0.748. The Bertz CT molecular complexity index is 984. The first-order chi connectivity index (χ1) is 12.0. The van der Waals surface area contributed by atoms with Crippen LogP contribution in [0, 0.1) is 19.8 Å². The number of H-pyrrole nitrogens is 1. The van der Waals surface area contributed by atoms with Crippen LogP contribution in [-0.2, 0) is 5.54 Å². The lowest BCUT2D eigenvalue weighted by atomic mass is 9.73. The molecule has 8 nitrogen and oxygen atoms in total. The molecule has 2 saturated heterocycles. The number of nitrogens with one attached hydrogen (secondary N) is 2. The minimum Gasteiger partial charge on any atom is -0.337 e. The van der Waals surface area contributed by atoms with Crippen molar-refractivity contribution in [3.05, 3.63) is 35.6 Å². The van der Waals surface area contributed by atoms with Gasteiger partial charge in [0.25, 0.3) is 5.89 Å². The summed E-state index contributed by atoms with van der Waals surface area (Å²) in [6.45, 7) is 4.52. The molecule has 0 unspecified atom stereocenters. The van der Waals surface area contributed by atoms with Crippen LogP contribution in [-0.4, -0.2) is 37.8 Å². The monoisotopic (exact) mass is 338 g/mol. The fraction of sp³-hybridized carbons (Fsp3) is 0.412. The van der Waals surface area contributed by atoms with Gasteiger partial charge >= 0.3 is 6.03 Å². The van der Waals surface area contributed by atoms with Crippen LogP contribution in [0.5, 0.6) is 0 Å². The first kappa shape index (κ1) is 14.4. The zero-order valence-electron chi connectivity index (χ0n) is 14.0. The molecule has 3 aromatic rings. The number of carbonyl (C=O) groups is 1. The van der Waals surface area contributed by atoms with E-state index < -0.39 is 5.54 Å². The number of aromatic amines is 1. The fourth-order valence-electron chi connectivity index (χ4n) is 4.22. The van der Waals surface area contributed by atoms with Gasteiger partial charge in [0, 0.05) is 17.6 Å². The highest BCUT2D eigenvalue weighted by molar-refractivity contribution is 5.94. The summed E-state index contributed by atoms with van der Waals surface area (Å²) in [6.07, 6.45) is 3.57. The van der Waals surface area contributed by atoms with Gasteiger partial charge < -0.3 is 14.7 Å². The second-order valence-corrected chi connectivity index (χ2v) is 7.12. The van der Waals surface area contributed by atoms with E-state index in [9.17, 15) is 4.79 Å². The van der Waals surface area contributed by atoms with Gasteiger partial charge in [0.05, 0.1) is 11.7 Å². The summed E-state index contributed by atoms with van der Waals surface area (Å²) < 4.78 is 5.39. The van der Waals surface area contributed by atoms with Crippen LogP contribution in [0.15, 0.2) is 22.9 Å². The number of aromatic nitrogens is 4. The van der Waals surface area contributed by atoms with Crippen molar-refractivity contribution in [3.63, 3.8) is 0 Å². The molecule has 2 amide bonds. The summed E-state index contributed by atoms with van der Waals surface area (Å²) in [7, 11) is 0. The number of benzene rings is 1. The van der Waals surface area contributed by atoms with E-state index in [0.717, 1.165) is 41.5 Å². The van der Waals surface area contributed by atoms with Gasteiger partial charge in [0.15, 0.2) is 5.82 Å². The molecule has 3 fully saturated rings. The second kappa shape index (κ2) is 4.81. The summed E-state index contributed by atoms with van der Waals surface area (Å²) >= 11 is 0. The highest BCUT2D eigenvalue weighted by Gasteiger charge is 2.62. The molecule has 0 atom stereocenters.